The number of benzene rings is 1. The summed E-state index contributed by atoms with van der Waals surface area (Å²) >= 11 is 0. The standard InChI is InChI=1S/C17H20N4O4/c1-11(2)15-18-19-16(25-15)12-6-8-20(9-7-12)17(22)13-4-3-5-14(10-13)21(23)24/h3-5,10-12H,6-9H2,1-2H3. The van der Waals surface area contributed by atoms with E-state index in [0.717, 1.165) is 12.8 Å². The van der Waals surface area contributed by atoms with Gasteiger partial charge in [-0.3, -0.25) is 14.9 Å². The van der Waals surface area contributed by atoms with Crippen molar-refractivity contribution < 1.29 is 14.1 Å². The average molecular weight is 344 g/mol. The molecule has 2 aromatic rings. The second-order valence-corrected chi connectivity index (χ2v) is 6.51. The monoisotopic (exact) mass is 344 g/mol. The van der Waals surface area contributed by atoms with Crippen LogP contribution >= 0.6 is 0 Å². The van der Waals surface area contributed by atoms with Gasteiger partial charge in [0.2, 0.25) is 11.8 Å². The molecule has 1 amide bonds. The highest BCUT2D eigenvalue weighted by Crippen LogP contribution is 2.29. The first kappa shape index (κ1) is 17.1. The second kappa shape index (κ2) is 7.00. The minimum atomic E-state index is -0.495. The number of aromatic nitrogens is 2. The predicted molar refractivity (Wildman–Crippen MR) is 89.4 cm³/mol. The summed E-state index contributed by atoms with van der Waals surface area (Å²) in [6.07, 6.45) is 1.47. The van der Waals surface area contributed by atoms with E-state index in [-0.39, 0.29) is 23.4 Å². The molecule has 0 aliphatic carbocycles. The fourth-order valence-corrected chi connectivity index (χ4v) is 2.91. The van der Waals surface area contributed by atoms with Crippen LogP contribution in [0.3, 0.4) is 0 Å². The Morgan fingerprint density at radius 3 is 2.64 bits per heavy atom. The summed E-state index contributed by atoms with van der Waals surface area (Å²) in [4.78, 5) is 24.6. The third kappa shape index (κ3) is 3.67. The van der Waals surface area contributed by atoms with Crippen LogP contribution in [-0.2, 0) is 0 Å². The van der Waals surface area contributed by atoms with Gasteiger partial charge in [0.15, 0.2) is 0 Å². The summed E-state index contributed by atoms with van der Waals surface area (Å²) in [5.41, 5.74) is 0.264. The summed E-state index contributed by atoms with van der Waals surface area (Å²) in [6, 6.07) is 5.84. The zero-order valence-electron chi connectivity index (χ0n) is 14.2. The molecule has 8 nitrogen and oxygen atoms in total. The van der Waals surface area contributed by atoms with Crippen LogP contribution in [0.4, 0.5) is 5.69 Å². The highest BCUT2D eigenvalue weighted by molar-refractivity contribution is 5.94. The molecule has 3 rings (SSSR count). The van der Waals surface area contributed by atoms with Crippen LogP contribution in [0.5, 0.6) is 0 Å². The van der Waals surface area contributed by atoms with Crippen molar-refractivity contribution in [3.63, 3.8) is 0 Å². The number of rotatable bonds is 4. The summed E-state index contributed by atoms with van der Waals surface area (Å²) in [5, 5.41) is 19.0. The van der Waals surface area contributed by atoms with Crippen molar-refractivity contribution in [3.8, 4) is 0 Å². The fourth-order valence-electron chi connectivity index (χ4n) is 2.91. The molecule has 0 saturated carbocycles. The van der Waals surface area contributed by atoms with Crippen LogP contribution < -0.4 is 0 Å². The van der Waals surface area contributed by atoms with Gasteiger partial charge >= 0.3 is 0 Å². The molecule has 1 aliphatic heterocycles. The van der Waals surface area contributed by atoms with Gasteiger partial charge in [0, 0.05) is 42.6 Å². The maximum atomic E-state index is 12.6. The molecule has 0 atom stereocenters. The molecular formula is C17H20N4O4. The molecule has 0 radical (unpaired) electrons. The number of likely N-dealkylation sites (tertiary alicyclic amines) is 1. The van der Waals surface area contributed by atoms with Gasteiger partial charge in [0.1, 0.15) is 0 Å². The molecule has 0 spiro atoms. The predicted octanol–water partition coefficient (Wildman–Crippen LogP) is 3.12. The van der Waals surface area contributed by atoms with E-state index < -0.39 is 4.92 Å². The summed E-state index contributed by atoms with van der Waals surface area (Å²) in [5.74, 6) is 1.41. The zero-order chi connectivity index (χ0) is 18.0. The Morgan fingerprint density at radius 1 is 1.32 bits per heavy atom. The number of piperidine rings is 1. The third-order valence-corrected chi connectivity index (χ3v) is 4.39. The van der Waals surface area contributed by atoms with Gasteiger partial charge in [0.05, 0.1) is 4.92 Å². The molecule has 8 heteroatoms. The minimum Gasteiger partial charge on any atom is -0.425 e. The number of hydrogen-bond donors (Lipinski definition) is 0. The van der Waals surface area contributed by atoms with Gasteiger partial charge in [-0.2, -0.15) is 0 Å². The molecular weight excluding hydrogens is 324 g/mol. The summed E-state index contributed by atoms with van der Waals surface area (Å²) in [6.45, 7) is 5.12. The molecule has 1 aliphatic rings. The average Bonchev–Trinajstić information content (AvgIpc) is 3.12. The van der Waals surface area contributed by atoms with Crippen molar-refractivity contribution in [1.82, 2.24) is 15.1 Å². The first-order valence-electron chi connectivity index (χ1n) is 8.32. The number of carbonyl (C=O) groups excluding carboxylic acids is 1. The first-order valence-corrected chi connectivity index (χ1v) is 8.32. The van der Waals surface area contributed by atoms with Crippen LogP contribution in [-0.4, -0.2) is 39.0 Å². The van der Waals surface area contributed by atoms with Crippen molar-refractivity contribution >= 4 is 11.6 Å². The molecule has 1 aromatic heterocycles. The topological polar surface area (TPSA) is 102 Å². The number of nitro groups is 1. The Hall–Kier alpha value is -2.77. The maximum absolute atomic E-state index is 12.6. The van der Waals surface area contributed by atoms with Gasteiger partial charge < -0.3 is 9.32 Å². The molecule has 2 heterocycles. The lowest BCUT2D eigenvalue weighted by atomic mass is 9.96. The van der Waals surface area contributed by atoms with Gasteiger partial charge in [-0.25, -0.2) is 0 Å². The fraction of sp³-hybridized carbons (Fsp3) is 0.471. The van der Waals surface area contributed by atoms with E-state index in [1.54, 1.807) is 11.0 Å². The molecule has 1 aromatic carbocycles. The van der Waals surface area contributed by atoms with E-state index in [4.69, 9.17) is 4.42 Å². The number of nitrogens with zero attached hydrogens (tertiary/aromatic N) is 4. The zero-order valence-corrected chi connectivity index (χ0v) is 14.2. The molecule has 0 N–H and O–H groups in total. The van der Waals surface area contributed by atoms with E-state index in [1.807, 2.05) is 13.8 Å². The lowest BCUT2D eigenvalue weighted by Gasteiger charge is -2.30. The molecule has 132 valence electrons. The number of non-ortho nitro benzene ring substituents is 1. The Bertz CT molecular complexity index is 778. The second-order valence-electron chi connectivity index (χ2n) is 6.51. The van der Waals surface area contributed by atoms with Crippen LogP contribution in [0.25, 0.3) is 0 Å². The van der Waals surface area contributed by atoms with Crippen molar-refractivity contribution in [1.29, 1.82) is 0 Å². The quantitative estimate of drug-likeness (QED) is 0.623. The Kier molecular flexibility index (Phi) is 4.78. The normalized spacial score (nSPS) is 15.6. The van der Waals surface area contributed by atoms with Crippen LogP contribution in [0.1, 0.15) is 60.7 Å². The van der Waals surface area contributed by atoms with E-state index >= 15 is 0 Å². The molecule has 25 heavy (non-hydrogen) atoms. The van der Waals surface area contributed by atoms with Crippen molar-refractivity contribution in [3.05, 3.63) is 51.7 Å². The van der Waals surface area contributed by atoms with Crippen molar-refractivity contribution in [2.75, 3.05) is 13.1 Å². The van der Waals surface area contributed by atoms with E-state index in [9.17, 15) is 14.9 Å². The third-order valence-electron chi connectivity index (χ3n) is 4.39. The number of hydrogen-bond acceptors (Lipinski definition) is 6. The minimum absolute atomic E-state index is 0.0761. The van der Waals surface area contributed by atoms with Gasteiger partial charge in [-0.1, -0.05) is 19.9 Å². The van der Waals surface area contributed by atoms with Gasteiger partial charge in [-0.15, -0.1) is 10.2 Å². The van der Waals surface area contributed by atoms with Crippen LogP contribution in [0.2, 0.25) is 0 Å². The van der Waals surface area contributed by atoms with Crippen LogP contribution in [0.15, 0.2) is 28.7 Å². The summed E-state index contributed by atoms with van der Waals surface area (Å²) < 4.78 is 5.71. The first-order chi connectivity index (χ1) is 12.0. The van der Waals surface area contributed by atoms with Gasteiger partial charge in [-0.05, 0) is 18.9 Å². The number of amides is 1. The van der Waals surface area contributed by atoms with Gasteiger partial charge in [0.25, 0.3) is 11.6 Å². The van der Waals surface area contributed by atoms with E-state index in [1.165, 1.54) is 18.2 Å². The molecule has 1 fully saturated rings. The molecule has 0 bridgehead atoms. The molecule has 1 saturated heterocycles. The molecule has 0 unspecified atom stereocenters. The largest absolute Gasteiger partial charge is 0.425 e. The Morgan fingerprint density at radius 2 is 2.04 bits per heavy atom. The van der Waals surface area contributed by atoms with Crippen molar-refractivity contribution in [2.45, 2.75) is 38.5 Å². The van der Waals surface area contributed by atoms with Crippen molar-refractivity contribution in [2.24, 2.45) is 0 Å². The van der Waals surface area contributed by atoms with E-state index in [2.05, 4.69) is 10.2 Å². The SMILES string of the molecule is CC(C)c1nnc(C2CCN(C(=O)c3cccc([N+](=O)[O-])c3)CC2)o1. The Balaban J connectivity index is 1.64. The van der Waals surface area contributed by atoms with Crippen LogP contribution in [0, 0.1) is 10.1 Å². The number of nitro benzene ring substituents is 1. The lowest BCUT2D eigenvalue weighted by molar-refractivity contribution is -0.384. The highest BCUT2D eigenvalue weighted by Gasteiger charge is 2.28. The Labute approximate surface area is 145 Å². The lowest BCUT2D eigenvalue weighted by Crippen LogP contribution is -2.38. The maximum Gasteiger partial charge on any atom is 0.270 e. The summed E-state index contributed by atoms with van der Waals surface area (Å²) in [7, 11) is 0. The smallest absolute Gasteiger partial charge is 0.270 e. The highest BCUT2D eigenvalue weighted by atomic mass is 16.6. The van der Waals surface area contributed by atoms with E-state index in [0.29, 0.717) is 30.4 Å². The number of carbonyl (C=O) groups is 1.